The Hall–Kier alpha value is -0.220. The van der Waals surface area contributed by atoms with E-state index in [0.717, 1.165) is 44.5 Å². The molecule has 2 heterocycles. The summed E-state index contributed by atoms with van der Waals surface area (Å²) in [5.74, 6) is 2.58. The van der Waals surface area contributed by atoms with Gasteiger partial charge in [0, 0.05) is 18.3 Å². The van der Waals surface area contributed by atoms with Crippen LogP contribution in [0.2, 0.25) is 0 Å². The summed E-state index contributed by atoms with van der Waals surface area (Å²) in [5, 5.41) is 6.61. The van der Waals surface area contributed by atoms with Crippen molar-refractivity contribution >= 4 is 17.7 Å². The fourth-order valence-electron chi connectivity index (χ4n) is 2.61. The number of carbonyl (C=O) groups excluding carboxylic acids is 1. The summed E-state index contributed by atoms with van der Waals surface area (Å²) in [4.78, 5) is 12.3. The zero-order valence-corrected chi connectivity index (χ0v) is 10.9. The molecule has 4 heteroatoms. The van der Waals surface area contributed by atoms with Crippen molar-refractivity contribution in [1.29, 1.82) is 0 Å². The number of hydrogen-bond donors (Lipinski definition) is 2. The van der Waals surface area contributed by atoms with Crippen molar-refractivity contribution in [3.63, 3.8) is 0 Å². The van der Waals surface area contributed by atoms with Crippen LogP contribution in [0.3, 0.4) is 0 Å². The van der Waals surface area contributed by atoms with Gasteiger partial charge in [-0.15, -0.1) is 0 Å². The Labute approximate surface area is 102 Å². The molecule has 2 rings (SSSR count). The molecule has 0 aromatic carbocycles. The van der Waals surface area contributed by atoms with Gasteiger partial charge in [0.2, 0.25) is 5.91 Å². The third-order valence-corrected chi connectivity index (χ3v) is 5.06. The lowest BCUT2D eigenvalue weighted by molar-refractivity contribution is -0.133. The monoisotopic (exact) mass is 242 g/mol. The minimum absolute atomic E-state index is 0.133. The van der Waals surface area contributed by atoms with Gasteiger partial charge in [-0.1, -0.05) is 6.92 Å². The van der Waals surface area contributed by atoms with E-state index in [1.165, 1.54) is 5.75 Å². The number of rotatable bonds is 3. The van der Waals surface area contributed by atoms with E-state index >= 15 is 0 Å². The van der Waals surface area contributed by atoms with Crippen LogP contribution in [-0.4, -0.2) is 36.5 Å². The summed E-state index contributed by atoms with van der Waals surface area (Å²) in [6, 6.07) is 0.419. The van der Waals surface area contributed by atoms with E-state index < -0.39 is 0 Å². The first-order chi connectivity index (χ1) is 7.77. The van der Waals surface area contributed by atoms with Crippen molar-refractivity contribution in [1.82, 2.24) is 10.6 Å². The lowest BCUT2D eigenvalue weighted by Crippen LogP contribution is -2.52. The quantitative estimate of drug-likeness (QED) is 0.786. The highest BCUT2D eigenvalue weighted by atomic mass is 32.2. The third-order valence-electron chi connectivity index (χ3n) is 3.90. The molecule has 2 aliphatic heterocycles. The first kappa shape index (κ1) is 12.2. The number of piperidine rings is 1. The Morgan fingerprint density at radius 1 is 1.62 bits per heavy atom. The molecule has 92 valence electrons. The van der Waals surface area contributed by atoms with Crippen molar-refractivity contribution < 1.29 is 4.79 Å². The van der Waals surface area contributed by atoms with E-state index in [9.17, 15) is 4.79 Å². The second-order valence-electron chi connectivity index (χ2n) is 4.95. The summed E-state index contributed by atoms with van der Waals surface area (Å²) in [6.45, 7) is 4.06. The van der Waals surface area contributed by atoms with E-state index in [0.29, 0.717) is 6.04 Å². The van der Waals surface area contributed by atoms with E-state index in [4.69, 9.17) is 0 Å². The molecule has 2 saturated heterocycles. The van der Waals surface area contributed by atoms with Crippen molar-refractivity contribution in [2.24, 2.45) is 5.41 Å². The molecule has 0 aliphatic carbocycles. The van der Waals surface area contributed by atoms with Crippen molar-refractivity contribution in [2.45, 2.75) is 38.6 Å². The van der Waals surface area contributed by atoms with Crippen LogP contribution in [0, 0.1) is 5.41 Å². The van der Waals surface area contributed by atoms with Crippen LogP contribution in [-0.2, 0) is 4.79 Å². The first-order valence-electron chi connectivity index (χ1n) is 6.36. The Balaban J connectivity index is 1.94. The van der Waals surface area contributed by atoms with Crippen molar-refractivity contribution in [3.8, 4) is 0 Å². The standard InChI is InChI=1S/C12H22N2OS/c1-2-12(5-3-6-13-9-12)11(15)14-10-4-7-16-8-10/h10,13H,2-9H2,1H3,(H,14,15). The zero-order valence-electron chi connectivity index (χ0n) is 10.1. The molecule has 0 aromatic heterocycles. The largest absolute Gasteiger partial charge is 0.352 e. The summed E-state index contributed by atoms with van der Waals surface area (Å²) >= 11 is 1.95. The van der Waals surface area contributed by atoms with Crippen molar-refractivity contribution in [2.75, 3.05) is 24.6 Å². The molecule has 0 aromatic rings. The van der Waals surface area contributed by atoms with Gasteiger partial charge >= 0.3 is 0 Å². The van der Waals surface area contributed by atoms with Crippen LogP contribution in [0.25, 0.3) is 0 Å². The van der Waals surface area contributed by atoms with Gasteiger partial charge in [0.15, 0.2) is 0 Å². The van der Waals surface area contributed by atoms with Crippen LogP contribution < -0.4 is 10.6 Å². The highest BCUT2D eigenvalue weighted by molar-refractivity contribution is 7.99. The Kier molecular flexibility index (Phi) is 4.14. The summed E-state index contributed by atoms with van der Waals surface area (Å²) < 4.78 is 0. The molecule has 0 radical (unpaired) electrons. The lowest BCUT2D eigenvalue weighted by Gasteiger charge is -2.36. The maximum Gasteiger partial charge on any atom is 0.227 e. The summed E-state index contributed by atoms with van der Waals surface area (Å²) in [5.41, 5.74) is -0.133. The molecular formula is C12H22N2OS. The van der Waals surface area contributed by atoms with Gasteiger partial charge in [-0.2, -0.15) is 11.8 Å². The zero-order chi connectivity index (χ0) is 11.4. The fraction of sp³-hybridized carbons (Fsp3) is 0.917. The molecule has 0 spiro atoms. The van der Waals surface area contributed by atoms with Crippen molar-refractivity contribution in [3.05, 3.63) is 0 Å². The molecular weight excluding hydrogens is 220 g/mol. The molecule has 2 unspecified atom stereocenters. The SMILES string of the molecule is CCC1(C(=O)NC2CCSC2)CCCNC1. The summed E-state index contributed by atoms with van der Waals surface area (Å²) in [7, 11) is 0. The van der Waals surface area contributed by atoms with Gasteiger partial charge in [-0.05, 0) is 38.0 Å². The normalized spacial score (nSPS) is 34.9. The predicted molar refractivity (Wildman–Crippen MR) is 68.7 cm³/mol. The second kappa shape index (κ2) is 5.41. The van der Waals surface area contributed by atoms with Crippen LogP contribution in [0.4, 0.5) is 0 Å². The molecule has 0 saturated carbocycles. The van der Waals surface area contributed by atoms with Gasteiger partial charge in [0.05, 0.1) is 5.41 Å². The highest BCUT2D eigenvalue weighted by Crippen LogP contribution is 2.31. The fourth-order valence-corrected chi connectivity index (χ4v) is 3.76. The van der Waals surface area contributed by atoms with Crippen LogP contribution in [0.15, 0.2) is 0 Å². The molecule has 2 atom stereocenters. The minimum Gasteiger partial charge on any atom is -0.352 e. The number of thioether (sulfide) groups is 1. The average molecular weight is 242 g/mol. The molecule has 2 N–H and O–H groups in total. The van der Waals surface area contributed by atoms with E-state index in [2.05, 4.69) is 17.6 Å². The third kappa shape index (κ3) is 2.54. The molecule has 2 aliphatic rings. The van der Waals surface area contributed by atoms with Crippen LogP contribution in [0.1, 0.15) is 32.6 Å². The highest BCUT2D eigenvalue weighted by Gasteiger charge is 2.38. The Morgan fingerprint density at radius 2 is 2.50 bits per heavy atom. The van der Waals surface area contributed by atoms with E-state index in [-0.39, 0.29) is 11.3 Å². The van der Waals surface area contributed by atoms with Gasteiger partial charge in [0.1, 0.15) is 0 Å². The predicted octanol–water partition coefficient (Wildman–Crippen LogP) is 1.39. The van der Waals surface area contributed by atoms with Gasteiger partial charge in [-0.3, -0.25) is 4.79 Å². The maximum atomic E-state index is 12.3. The molecule has 2 fully saturated rings. The number of carbonyl (C=O) groups is 1. The van der Waals surface area contributed by atoms with Gasteiger partial charge in [0.25, 0.3) is 0 Å². The maximum absolute atomic E-state index is 12.3. The molecule has 1 amide bonds. The lowest BCUT2D eigenvalue weighted by atomic mass is 9.77. The van der Waals surface area contributed by atoms with Gasteiger partial charge < -0.3 is 10.6 Å². The number of amides is 1. The first-order valence-corrected chi connectivity index (χ1v) is 7.52. The minimum atomic E-state index is -0.133. The Morgan fingerprint density at radius 3 is 3.06 bits per heavy atom. The smallest absolute Gasteiger partial charge is 0.227 e. The van der Waals surface area contributed by atoms with E-state index in [1.54, 1.807) is 0 Å². The molecule has 16 heavy (non-hydrogen) atoms. The van der Waals surface area contributed by atoms with Crippen LogP contribution in [0.5, 0.6) is 0 Å². The average Bonchev–Trinajstić information content (AvgIpc) is 2.82. The summed E-state index contributed by atoms with van der Waals surface area (Å²) in [6.07, 6.45) is 4.26. The second-order valence-corrected chi connectivity index (χ2v) is 6.10. The van der Waals surface area contributed by atoms with E-state index in [1.807, 2.05) is 11.8 Å². The Bertz CT molecular complexity index is 245. The van der Waals surface area contributed by atoms with Crippen LogP contribution >= 0.6 is 11.8 Å². The number of nitrogens with one attached hydrogen (secondary N) is 2. The molecule has 0 bridgehead atoms. The number of hydrogen-bond acceptors (Lipinski definition) is 3. The molecule has 3 nitrogen and oxygen atoms in total. The van der Waals surface area contributed by atoms with Gasteiger partial charge in [-0.25, -0.2) is 0 Å². The topological polar surface area (TPSA) is 41.1 Å².